The summed E-state index contributed by atoms with van der Waals surface area (Å²) in [5.74, 6) is 0.280. The lowest BCUT2D eigenvalue weighted by Crippen LogP contribution is -2.23. The molecular weight excluding hydrogens is 424 g/mol. The van der Waals surface area contributed by atoms with Crippen LogP contribution in [0.2, 0.25) is 5.02 Å². The SMILES string of the molecule is Cc1cc(N)ncc1CNC(=O)c1ccnc(Cc2cc(CN)c3ncc(Cl)cc3c2)c1. The fraction of sp³-hybridized carbons (Fsp3) is 0.167. The molecule has 4 rings (SSSR count). The molecule has 0 aliphatic carbocycles. The standard InChI is InChI=1S/C24H23ClN6O/c1-14-4-22(27)29-11-19(14)12-31-24(32)16-2-3-28-21(9-16)7-15-5-17-8-20(25)13-30-23(17)18(6-15)10-26/h2-6,8-9,11,13H,7,10,12,26H2,1H3,(H2,27,29)(H,31,32). The quantitative estimate of drug-likeness (QED) is 0.416. The zero-order valence-electron chi connectivity index (χ0n) is 17.6. The molecule has 0 unspecified atom stereocenters. The molecule has 162 valence electrons. The maximum absolute atomic E-state index is 12.7. The Morgan fingerprint density at radius 1 is 1.06 bits per heavy atom. The Kier molecular flexibility index (Phi) is 6.30. The summed E-state index contributed by atoms with van der Waals surface area (Å²) in [4.78, 5) is 25.6. The third-order valence-electron chi connectivity index (χ3n) is 5.25. The van der Waals surface area contributed by atoms with Crippen LogP contribution >= 0.6 is 11.6 Å². The number of aromatic nitrogens is 3. The normalized spacial score (nSPS) is 11.0. The molecule has 1 amide bonds. The fourth-order valence-electron chi connectivity index (χ4n) is 3.62. The molecule has 0 aliphatic heterocycles. The van der Waals surface area contributed by atoms with Gasteiger partial charge in [0.1, 0.15) is 5.82 Å². The lowest BCUT2D eigenvalue weighted by Gasteiger charge is -2.10. The van der Waals surface area contributed by atoms with Crippen molar-refractivity contribution >= 4 is 34.2 Å². The largest absolute Gasteiger partial charge is 0.384 e. The Hall–Kier alpha value is -3.55. The maximum Gasteiger partial charge on any atom is 0.251 e. The smallest absolute Gasteiger partial charge is 0.251 e. The van der Waals surface area contributed by atoms with Crippen LogP contribution in [0.1, 0.15) is 38.3 Å². The summed E-state index contributed by atoms with van der Waals surface area (Å²) in [6, 6.07) is 11.2. The number of nitrogens with two attached hydrogens (primary N) is 2. The Bertz CT molecular complexity index is 1310. The predicted molar refractivity (Wildman–Crippen MR) is 126 cm³/mol. The van der Waals surface area contributed by atoms with Gasteiger partial charge in [-0.1, -0.05) is 17.7 Å². The van der Waals surface area contributed by atoms with E-state index in [1.807, 2.05) is 25.1 Å². The second-order valence-electron chi connectivity index (χ2n) is 7.62. The molecule has 0 atom stereocenters. The van der Waals surface area contributed by atoms with Crippen LogP contribution in [0.15, 0.2) is 55.0 Å². The van der Waals surface area contributed by atoms with Crippen molar-refractivity contribution in [1.29, 1.82) is 0 Å². The molecule has 7 nitrogen and oxygen atoms in total. The summed E-state index contributed by atoms with van der Waals surface area (Å²) in [6.07, 6.45) is 5.49. The third kappa shape index (κ3) is 4.85. The van der Waals surface area contributed by atoms with Gasteiger partial charge in [0.05, 0.1) is 10.5 Å². The molecule has 0 aliphatic rings. The first-order chi connectivity index (χ1) is 15.4. The van der Waals surface area contributed by atoms with Gasteiger partial charge >= 0.3 is 0 Å². The van der Waals surface area contributed by atoms with E-state index in [-0.39, 0.29) is 5.91 Å². The number of carbonyl (C=O) groups is 1. The molecule has 1 aromatic carbocycles. The van der Waals surface area contributed by atoms with E-state index in [4.69, 9.17) is 23.1 Å². The number of anilines is 1. The summed E-state index contributed by atoms with van der Waals surface area (Å²) >= 11 is 6.11. The van der Waals surface area contributed by atoms with Crippen molar-refractivity contribution in [2.24, 2.45) is 5.73 Å². The van der Waals surface area contributed by atoms with Crippen LogP contribution in [0.5, 0.6) is 0 Å². The van der Waals surface area contributed by atoms with E-state index in [9.17, 15) is 4.79 Å². The van der Waals surface area contributed by atoms with Crippen molar-refractivity contribution in [2.45, 2.75) is 26.4 Å². The maximum atomic E-state index is 12.7. The minimum atomic E-state index is -0.179. The zero-order chi connectivity index (χ0) is 22.7. The van der Waals surface area contributed by atoms with Crippen molar-refractivity contribution in [3.63, 3.8) is 0 Å². The lowest BCUT2D eigenvalue weighted by molar-refractivity contribution is 0.0950. The highest BCUT2D eigenvalue weighted by Crippen LogP contribution is 2.23. The van der Waals surface area contributed by atoms with E-state index in [1.54, 1.807) is 36.8 Å². The number of halogens is 1. The van der Waals surface area contributed by atoms with E-state index < -0.39 is 0 Å². The van der Waals surface area contributed by atoms with Gasteiger partial charge in [0.25, 0.3) is 5.91 Å². The van der Waals surface area contributed by atoms with Crippen LogP contribution in [-0.4, -0.2) is 20.9 Å². The first-order valence-electron chi connectivity index (χ1n) is 10.1. The van der Waals surface area contributed by atoms with Gasteiger partial charge in [-0.3, -0.25) is 14.8 Å². The van der Waals surface area contributed by atoms with Gasteiger partial charge in [0, 0.05) is 54.7 Å². The van der Waals surface area contributed by atoms with Crippen molar-refractivity contribution in [1.82, 2.24) is 20.3 Å². The highest BCUT2D eigenvalue weighted by molar-refractivity contribution is 6.31. The molecule has 0 saturated heterocycles. The average Bonchev–Trinajstić information content (AvgIpc) is 2.77. The Labute approximate surface area is 190 Å². The second kappa shape index (κ2) is 9.30. The summed E-state index contributed by atoms with van der Waals surface area (Å²) in [7, 11) is 0. The van der Waals surface area contributed by atoms with Crippen LogP contribution in [0.4, 0.5) is 5.82 Å². The molecular formula is C24H23ClN6O. The summed E-state index contributed by atoms with van der Waals surface area (Å²) in [5.41, 5.74) is 17.6. The fourth-order valence-corrected chi connectivity index (χ4v) is 3.78. The molecule has 4 aromatic rings. The molecule has 32 heavy (non-hydrogen) atoms. The number of nitrogens with zero attached hydrogens (tertiary/aromatic N) is 3. The van der Waals surface area contributed by atoms with Crippen LogP contribution in [0.3, 0.4) is 0 Å². The topological polar surface area (TPSA) is 120 Å². The average molecular weight is 447 g/mol. The minimum Gasteiger partial charge on any atom is -0.384 e. The van der Waals surface area contributed by atoms with Gasteiger partial charge in [0.2, 0.25) is 0 Å². The number of hydrogen-bond acceptors (Lipinski definition) is 6. The Morgan fingerprint density at radius 3 is 2.69 bits per heavy atom. The van der Waals surface area contributed by atoms with Crippen LogP contribution in [0.25, 0.3) is 10.9 Å². The minimum absolute atomic E-state index is 0.179. The van der Waals surface area contributed by atoms with Gasteiger partial charge in [0.15, 0.2) is 0 Å². The number of carbonyl (C=O) groups excluding carboxylic acids is 1. The van der Waals surface area contributed by atoms with E-state index >= 15 is 0 Å². The first-order valence-corrected chi connectivity index (χ1v) is 10.5. The van der Waals surface area contributed by atoms with E-state index in [2.05, 4.69) is 20.3 Å². The number of rotatable bonds is 6. The number of nitrogens with one attached hydrogen (secondary N) is 1. The molecule has 3 heterocycles. The number of hydrogen-bond donors (Lipinski definition) is 3. The van der Waals surface area contributed by atoms with Crippen LogP contribution in [0, 0.1) is 6.92 Å². The van der Waals surface area contributed by atoms with E-state index in [0.717, 1.165) is 38.9 Å². The number of nitrogen functional groups attached to an aromatic ring is 1. The molecule has 0 fully saturated rings. The highest BCUT2D eigenvalue weighted by atomic mass is 35.5. The first kappa shape index (κ1) is 21.7. The van der Waals surface area contributed by atoms with Crippen LogP contribution in [-0.2, 0) is 19.5 Å². The number of fused-ring (bicyclic) bond motifs is 1. The lowest BCUT2D eigenvalue weighted by atomic mass is 10.0. The summed E-state index contributed by atoms with van der Waals surface area (Å²) < 4.78 is 0. The van der Waals surface area contributed by atoms with E-state index in [1.165, 1.54) is 0 Å². The van der Waals surface area contributed by atoms with Crippen molar-refractivity contribution in [2.75, 3.05) is 5.73 Å². The van der Waals surface area contributed by atoms with Gasteiger partial charge < -0.3 is 16.8 Å². The van der Waals surface area contributed by atoms with Crippen molar-refractivity contribution in [3.8, 4) is 0 Å². The molecule has 5 N–H and O–H groups in total. The van der Waals surface area contributed by atoms with Crippen molar-refractivity contribution < 1.29 is 4.79 Å². The molecule has 8 heteroatoms. The molecule has 3 aromatic heterocycles. The molecule has 0 bridgehead atoms. The molecule has 0 spiro atoms. The monoisotopic (exact) mass is 446 g/mol. The van der Waals surface area contributed by atoms with Gasteiger partial charge in [-0.05, 0) is 59.5 Å². The summed E-state index contributed by atoms with van der Waals surface area (Å²) in [5, 5.41) is 4.43. The van der Waals surface area contributed by atoms with Crippen LogP contribution < -0.4 is 16.8 Å². The van der Waals surface area contributed by atoms with Gasteiger partial charge in [-0.25, -0.2) is 4.98 Å². The number of amides is 1. The number of pyridine rings is 3. The van der Waals surface area contributed by atoms with Gasteiger partial charge in [-0.2, -0.15) is 0 Å². The van der Waals surface area contributed by atoms with Crippen molar-refractivity contribution in [3.05, 3.63) is 93.5 Å². The molecule has 0 saturated carbocycles. The second-order valence-corrected chi connectivity index (χ2v) is 8.05. The van der Waals surface area contributed by atoms with Gasteiger partial charge in [-0.15, -0.1) is 0 Å². The number of aryl methyl sites for hydroxylation is 1. The third-order valence-corrected chi connectivity index (χ3v) is 5.46. The Morgan fingerprint density at radius 2 is 1.91 bits per heavy atom. The Balaban J connectivity index is 1.52. The summed E-state index contributed by atoms with van der Waals surface area (Å²) in [6.45, 7) is 2.67. The van der Waals surface area contributed by atoms with E-state index in [0.29, 0.717) is 35.9 Å². The predicted octanol–water partition coefficient (Wildman–Crippen LogP) is 3.55. The highest BCUT2D eigenvalue weighted by Gasteiger charge is 2.11. The zero-order valence-corrected chi connectivity index (χ0v) is 18.4. The molecule has 0 radical (unpaired) electrons. The number of benzene rings is 1.